The molecule has 2 fully saturated rings. The van der Waals surface area contributed by atoms with Crippen LogP contribution in [0.3, 0.4) is 0 Å². The van der Waals surface area contributed by atoms with Gasteiger partial charge in [0.2, 0.25) is 11.7 Å². The zero-order valence-electron chi connectivity index (χ0n) is 18.6. The number of carbonyl (C=O) groups excluding carboxylic acids is 2. The first kappa shape index (κ1) is 24.5. The Balaban J connectivity index is 0.000000257. The molecule has 1 aromatic heterocycles. The summed E-state index contributed by atoms with van der Waals surface area (Å²) in [7, 11) is 1.29. The number of hydrogen-bond donors (Lipinski definition) is 2. The van der Waals surface area contributed by atoms with Crippen LogP contribution >= 0.6 is 0 Å². The van der Waals surface area contributed by atoms with Gasteiger partial charge in [-0.1, -0.05) is 6.07 Å². The third-order valence-electron chi connectivity index (χ3n) is 5.26. The lowest BCUT2D eigenvalue weighted by Gasteiger charge is -2.20. The lowest BCUT2D eigenvalue weighted by molar-refractivity contribution is -0.126. The maximum absolute atomic E-state index is 12.5. The van der Waals surface area contributed by atoms with Crippen molar-refractivity contribution in [3.8, 4) is 5.75 Å². The summed E-state index contributed by atoms with van der Waals surface area (Å²) in [5.74, 6) is -1.48. The van der Waals surface area contributed by atoms with Crippen molar-refractivity contribution in [1.82, 2.24) is 10.3 Å². The van der Waals surface area contributed by atoms with Crippen molar-refractivity contribution in [2.45, 2.75) is 38.4 Å². The molecule has 0 aliphatic carbocycles. The zero-order valence-corrected chi connectivity index (χ0v) is 18.6. The molecule has 2 saturated heterocycles. The van der Waals surface area contributed by atoms with Gasteiger partial charge in [0.15, 0.2) is 11.6 Å². The number of nitrogens with zero attached hydrogens (tertiary/aromatic N) is 2. The molecule has 4 rings (SSSR count). The van der Waals surface area contributed by atoms with Gasteiger partial charge < -0.3 is 20.1 Å². The molecule has 3 heterocycles. The number of hydrogen-bond acceptors (Lipinski definition) is 6. The Morgan fingerprint density at radius 3 is 2.82 bits per heavy atom. The average Bonchev–Trinajstić information content (AvgIpc) is 3.13. The summed E-state index contributed by atoms with van der Waals surface area (Å²) < 4.78 is 34.9. The Labute approximate surface area is 191 Å². The van der Waals surface area contributed by atoms with Crippen LogP contribution in [0.1, 0.15) is 26.2 Å². The third kappa shape index (κ3) is 6.69. The van der Waals surface area contributed by atoms with Crippen LogP contribution in [-0.2, 0) is 14.3 Å². The van der Waals surface area contributed by atoms with E-state index in [2.05, 4.69) is 20.4 Å². The molecule has 33 heavy (non-hydrogen) atoms. The maximum Gasteiger partial charge on any atom is 0.253 e. The molecule has 2 aromatic rings. The number of nitrogens with one attached hydrogen (secondary N) is 2. The van der Waals surface area contributed by atoms with Gasteiger partial charge in [0.1, 0.15) is 11.9 Å². The van der Waals surface area contributed by atoms with Gasteiger partial charge in [-0.2, -0.15) is 4.39 Å². The Morgan fingerprint density at radius 2 is 2.12 bits per heavy atom. The minimum absolute atomic E-state index is 0.00794. The van der Waals surface area contributed by atoms with E-state index in [0.29, 0.717) is 24.6 Å². The fourth-order valence-electron chi connectivity index (χ4n) is 3.52. The van der Waals surface area contributed by atoms with Crippen LogP contribution in [0.25, 0.3) is 0 Å². The highest BCUT2D eigenvalue weighted by Gasteiger charge is 2.28. The van der Waals surface area contributed by atoms with Crippen molar-refractivity contribution in [2.24, 2.45) is 0 Å². The smallest absolute Gasteiger partial charge is 0.253 e. The van der Waals surface area contributed by atoms with E-state index < -0.39 is 17.7 Å². The normalized spacial score (nSPS) is 20.5. The predicted octanol–water partition coefficient (Wildman–Crippen LogP) is 2.89. The van der Waals surface area contributed by atoms with Crippen LogP contribution in [0.15, 0.2) is 36.5 Å². The summed E-state index contributed by atoms with van der Waals surface area (Å²) in [5, 5.41) is 5.94. The monoisotopic (exact) mass is 462 g/mol. The Hall–Kier alpha value is -3.11. The average molecular weight is 462 g/mol. The summed E-state index contributed by atoms with van der Waals surface area (Å²) in [4.78, 5) is 30.3. The van der Waals surface area contributed by atoms with Gasteiger partial charge in [0.25, 0.3) is 5.91 Å². The first-order valence-electron chi connectivity index (χ1n) is 10.8. The van der Waals surface area contributed by atoms with Gasteiger partial charge in [-0.05, 0) is 50.9 Å². The Kier molecular flexibility index (Phi) is 8.67. The summed E-state index contributed by atoms with van der Waals surface area (Å²) in [6.45, 7) is 3.72. The number of aromatic nitrogens is 1. The second-order valence-corrected chi connectivity index (χ2v) is 7.74. The number of methoxy groups -OCH3 is 1. The number of benzene rings is 1. The highest BCUT2D eigenvalue weighted by Crippen LogP contribution is 2.22. The van der Waals surface area contributed by atoms with Crippen molar-refractivity contribution in [2.75, 3.05) is 37.0 Å². The molecule has 2 atom stereocenters. The lowest BCUT2D eigenvalue weighted by atomic mass is 10.2. The van der Waals surface area contributed by atoms with Crippen molar-refractivity contribution in [1.29, 1.82) is 0 Å². The lowest BCUT2D eigenvalue weighted by Crippen LogP contribution is -2.35. The van der Waals surface area contributed by atoms with E-state index in [1.165, 1.54) is 19.2 Å². The fourth-order valence-corrected chi connectivity index (χ4v) is 3.52. The van der Waals surface area contributed by atoms with Gasteiger partial charge in [-0.25, -0.2) is 9.37 Å². The number of rotatable bonds is 4. The largest absolute Gasteiger partial charge is 0.494 e. The maximum atomic E-state index is 12.5. The number of pyridine rings is 1. The molecule has 0 bridgehead atoms. The quantitative estimate of drug-likeness (QED) is 0.726. The van der Waals surface area contributed by atoms with Gasteiger partial charge >= 0.3 is 0 Å². The van der Waals surface area contributed by atoms with E-state index in [-0.39, 0.29) is 23.7 Å². The molecule has 0 spiro atoms. The standard InChI is InChI=1S/C16H22N4O3.C7H6F2O/c1-11-3-4-13(23-11)16(22)19-12-5-7-18-14(9-12)20-8-2-6-17-10-15(20)21;1-10-6-4-2-3-5(8)7(6)9/h5,7,9,11,13,17H,2-4,6,8,10H2,1H3,(H,18,19,22);2-4H,1H3. The van der Waals surface area contributed by atoms with Crippen molar-refractivity contribution >= 4 is 23.3 Å². The van der Waals surface area contributed by atoms with Crippen LogP contribution in [0.2, 0.25) is 0 Å². The molecule has 2 unspecified atom stereocenters. The van der Waals surface area contributed by atoms with Crippen molar-refractivity contribution in [3.63, 3.8) is 0 Å². The van der Waals surface area contributed by atoms with E-state index in [4.69, 9.17) is 4.74 Å². The van der Waals surface area contributed by atoms with Crippen LogP contribution in [-0.4, -0.2) is 55.8 Å². The summed E-state index contributed by atoms with van der Waals surface area (Å²) in [5.41, 5.74) is 0.633. The van der Waals surface area contributed by atoms with E-state index >= 15 is 0 Å². The van der Waals surface area contributed by atoms with Crippen LogP contribution < -0.4 is 20.3 Å². The second kappa shape index (κ2) is 11.7. The molecular formula is C23H28F2N4O4. The topological polar surface area (TPSA) is 92.8 Å². The number of carbonyl (C=O) groups is 2. The van der Waals surface area contributed by atoms with Gasteiger partial charge in [0, 0.05) is 24.5 Å². The van der Waals surface area contributed by atoms with E-state index in [1.54, 1.807) is 23.2 Å². The summed E-state index contributed by atoms with van der Waals surface area (Å²) >= 11 is 0. The molecule has 2 N–H and O–H groups in total. The minimum Gasteiger partial charge on any atom is -0.494 e. The van der Waals surface area contributed by atoms with Crippen molar-refractivity contribution < 1.29 is 27.8 Å². The van der Waals surface area contributed by atoms with Crippen LogP contribution in [0, 0.1) is 11.6 Å². The van der Waals surface area contributed by atoms with Gasteiger partial charge in [-0.3, -0.25) is 14.5 Å². The Morgan fingerprint density at radius 1 is 1.30 bits per heavy atom. The molecule has 1 aromatic carbocycles. The minimum atomic E-state index is -0.940. The van der Waals surface area contributed by atoms with Crippen LogP contribution in [0.5, 0.6) is 5.75 Å². The highest BCUT2D eigenvalue weighted by atomic mass is 19.2. The van der Waals surface area contributed by atoms with E-state index in [9.17, 15) is 18.4 Å². The number of anilines is 2. The number of amides is 2. The molecule has 2 aliphatic rings. The predicted molar refractivity (Wildman–Crippen MR) is 119 cm³/mol. The molecule has 10 heteroatoms. The third-order valence-corrected chi connectivity index (χ3v) is 5.26. The second-order valence-electron chi connectivity index (χ2n) is 7.74. The van der Waals surface area contributed by atoms with E-state index in [1.807, 2.05) is 6.92 Å². The zero-order chi connectivity index (χ0) is 23.8. The SMILES string of the molecule is CC1CCC(C(=O)Nc2ccnc(N3CCCNCC3=O)c2)O1.COc1cccc(F)c1F. The molecule has 2 aliphatic heterocycles. The molecular weight excluding hydrogens is 434 g/mol. The fraction of sp³-hybridized carbons (Fsp3) is 0.435. The van der Waals surface area contributed by atoms with Crippen molar-refractivity contribution in [3.05, 3.63) is 48.2 Å². The molecule has 2 amide bonds. The molecule has 8 nitrogen and oxygen atoms in total. The highest BCUT2D eigenvalue weighted by molar-refractivity contribution is 5.97. The van der Waals surface area contributed by atoms with Gasteiger partial charge in [0.05, 0.1) is 19.8 Å². The Bertz CT molecular complexity index is 975. The summed E-state index contributed by atoms with van der Waals surface area (Å²) in [6, 6.07) is 7.24. The molecule has 0 radical (unpaired) electrons. The van der Waals surface area contributed by atoms with Gasteiger partial charge in [-0.15, -0.1) is 0 Å². The number of ether oxygens (including phenoxy) is 2. The summed E-state index contributed by atoms with van der Waals surface area (Å²) in [6.07, 6.45) is 3.84. The first-order valence-corrected chi connectivity index (χ1v) is 10.8. The van der Waals surface area contributed by atoms with Crippen LogP contribution in [0.4, 0.5) is 20.3 Å². The number of halogens is 2. The first-order chi connectivity index (χ1) is 15.9. The molecule has 178 valence electrons. The molecule has 0 saturated carbocycles. The van der Waals surface area contributed by atoms with E-state index in [0.717, 1.165) is 31.9 Å².